The topological polar surface area (TPSA) is 57.4 Å². The van der Waals surface area contributed by atoms with Crippen LogP contribution in [0, 0.1) is 5.92 Å². The second kappa shape index (κ2) is 5.49. The molecule has 2 aliphatic rings. The maximum absolute atomic E-state index is 8.69. The van der Waals surface area contributed by atoms with Crippen molar-refractivity contribution >= 4 is 11.9 Å². The van der Waals surface area contributed by atoms with Gasteiger partial charge in [0.05, 0.1) is 18.2 Å². The van der Waals surface area contributed by atoms with Crippen molar-refractivity contribution in [3.63, 3.8) is 0 Å². The summed E-state index contributed by atoms with van der Waals surface area (Å²) >= 11 is 0. The highest BCUT2D eigenvalue weighted by atomic mass is 16.5. The van der Waals surface area contributed by atoms with Gasteiger partial charge < -0.3 is 9.94 Å². The molecule has 0 aromatic heterocycles. The summed E-state index contributed by atoms with van der Waals surface area (Å²) in [4.78, 5) is 0. The molecule has 0 bridgehead atoms. The molecule has 1 N–H and O–H groups in total. The second-order valence-corrected chi connectivity index (χ2v) is 4.89. The van der Waals surface area contributed by atoms with Crippen molar-refractivity contribution in [2.75, 3.05) is 7.05 Å². The van der Waals surface area contributed by atoms with E-state index in [1.54, 1.807) is 0 Å². The minimum absolute atomic E-state index is 0.0353. The van der Waals surface area contributed by atoms with E-state index in [0.717, 1.165) is 18.6 Å². The van der Waals surface area contributed by atoms with Crippen LogP contribution < -0.4 is 0 Å². The van der Waals surface area contributed by atoms with Gasteiger partial charge in [-0.3, -0.25) is 5.01 Å². The molecule has 5 heteroatoms. The fraction of sp³-hybridized carbons (Fsp3) is 0.833. The van der Waals surface area contributed by atoms with Crippen LogP contribution in [0.4, 0.5) is 0 Å². The molecule has 96 valence electrons. The molecule has 1 heterocycles. The first kappa shape index (κ1) is 12.4. The van der Waals surface area contributed by atoms with Crippen molar-refractivity contribution in [2.24, 2.45) is 16.2 Å². The first-order chi connectivity index (χ1) is 8.22. The maximum atomic E-state index is 8.69. The van der Waals surface area contributed by atoms with Gasteiger partial charge in [-0.05, 0) is 19.8 Å². The molecule has 0 aromatic rings. The Morgan fingerprint density at radius 2 is 2.12 bits per heavy atom. The summed E-state index contributed by atoms with van der Waals surface area (Å²) in [6, 6.07) is 0. The normalized spacial score (nSPS) is 31.2. The largest absolute Gasteiger partial charge is 0.411 e. The Labute approximate surface area is 102 Å². The predicted octanol–water partition coefficient (Wildman–Crippen LogP) is 2.06. The molecule has 1 fully saturated rings. The molecule has 0 saturated heterocycles. The van der Waals surface area contributed by atoms with E-state index in [9.17, 15) is 0 Å². The third-order valence-corrected chi connectivity index (χ3v) is 3.58. The minimum Gasteiger partial charge on any atom is -0.411 e. The molecule has 2 atom stereocenters. The molecule has 0 radical (unpaired) electrons. The van der Waals surface area contributed by atoms with Crippen LogP contribution in [0.5, 0.6) is 0 Å². The molecular weight excluding hydrogens is 218 g/mol. The highest BCUT2D eigenvalue weighted by Crippen LogP contribution is 2.27. The fourth-order valence-electron chi connectivity index (χ4n) is 2.64. The number of ether oxygens (including phenoxy) is 1. The van der Waals surface area contributed by atoms with Crippen molar-refractivity contribution in [3.8, 4) is 0 Å². The Bertz CT molecular complexity index is 311. The van der Waals surface area contributed by atoms with Gasteiger partial charge in [0, 0.05) is 12.8 Å². The number of oxime groups is 1. The van der Waals surface area contributed by atoms with Crippen LogP contribution in [0.3, 0.4) is 0 Å². The van der Waals surface area contributed by atoms with Crippen LogP contribution in [-0.4, -0.2) is 41.5 Å². The molecule has 1 saturated carbocycles. The van der Waals surface area contributed by atoms with Crippen molar-refractivity contribution in [1.82, 2.24) is 5.01 Å². The van der Waals surface area contributed by atoms with Crippen LogP contribution in [0.1, 0.15) is 39.0 Å². The zero-order chi connectivity index (χ0) is 12.3. The Balaban J connectivity index is 1.98. The lowest BCUT2D eigenvalue weighted by atomic mass is 9.97. The molecule has 0 amide bonds. The van der Waals surface area contributed by atoms with E-state index in [0.29, 0.717) is 6.10 Å². The Morgan fingerprint density at radius 1 is 1.41 bits per heavy atom. The summed E-state index contributed by atoms with van der Waals surface area (Å²) in [5, 5.41) is 18.0. The number of hydrazone groups is 1. The van der Waals surface area contributed by atoms with Crippen LogP contribution in [0.2, 0.25) is 0 Å². The molecule has 2 rings (SSSR count). The fourth-order valence-corrected chi connectivity index (χ4v) is 2.64. The van der Waals surface area contributed by atoms with E-state index in [1.807, 2.05) is 19.0 Å². The number of nitrogens with zero attached hydrogens (tertiary/aromatic N) is 3. The summed E-state index contributed by atoms with van der Waals surface area (Å²) in [6.07, 6.45) is 7.80. The van der Waals surface area contributed by atoms with Crippen molar-refractivity contribution in [2.45, 2.75) is 51.4 Å². The van der Waals surface area contributed by atoms with Gasteiger partial charge in [-0.1, -0.05) is 19.3 Å². The maximum Gasteiger partial charge on any atom is 0.158 e. The SMILES string of the molecule is CC1=NN(C)C(OC2CCCCC2)C1/C=N/O. The first-order valence-corrected chi connectivity index (χ1v) is 6.33. The lowest BCUT2D eigenvalue weighted by Crippen LogP contribution is -2.38. The lowest BCUT2D eigenvalue weighted by Gasteiger charge is -2.30. The van der Waals surface area contributed by atoms with Crippen molar-refractivity contribution in [3.05, 3.63) is 0 Å². The first-order valence-electron chi connectivity index (χ1n) is 6.33. The molecule has 5 nitrogen and oxygen atoms in total. The lowest BCUT2D eigenvalue weighted by molar-refractivity contribution is -0.0976. The molecular formula is C12H21N3O2. The summed E-state index contributed by atoms with van der Waals surface area (Å²) in [5.41, 5.74) is 0.936. The molecule has 1 aliphatic heterocycles. The highest BCUT2D eigenvalue weighted by molar-refractivity contribution is 5.98. The quantitative estimate of drug-likeness (QED) is 0.466. The Morgan fingerprint density at radius 3 is 2.76 bits per heavy atom. The second-order valence-electron chi connectivity index (χ2n) is 4.89. The van der Waals surface area contributed by atoms with Gasteiger partial charge in [0.1, 0.15) is 0 Å². The minimum atomic E-state index is -0.117. The Kier molecular flexibility index (Phi) is 3.99. The smallest absolute Gasteiger partial charge is 0.158 e. The van der Waals surface area contributed by atoms with E-state index in [4.69, 9.17) is 9.94 Å². The van der Waals surface area contributed by atoms with Gasteiger partial charge in [0.25, 0.3) is 0 Å². The third-order valence-electron chi connectivity index (χ3n) is 3.58. The number of hydrogen-bond donors (Lipinski definition) is 1. The standard InChI is InChI=1S/C12H21N3O2/c1-9-11(8-13-16)12(15(2)14-9)17-10-6-4-3-5-7-10/h8,10-12,16H,3-7H2,1-2H3/b13-8+. The predicted molar refractivity (Wildman–Crippen MR) is 66.4 cm³/mol. The molecule has 17 heavy (non-hydrogen) atoms. The van der Waals surface area contributed by atoms with Gasteiger partial charge in [0.15, 0.2) is 6.23 Å². The summed E-state index contributed by atoms with van der Waals surface area (Å²) in [7, 11) is 1.90. The molecule has 0 aromatic carbocycles. The van der Waals surface area contributed by atoms with Crippen molar-refractivity contribution < 1.29 is 9.94 Å². The Hall–Kier alpha value is -1.10. The van der Waals surface area contributed by atoms with E-state index in [2.05, 4.69) is 10.3 Å². The van der Waals surface area contributed by atoms with Crippen LogP contribution >= 0.6 is 0 Å². The van der Waals surface area contributed by atoms with E-state index in [1.165, 1.54) is 25.5 Å². The van der Waals surface area contributed by atoms with E-state index < -0.39 is 0 Å². The average molecular weight is 239 g/mol. The van der Waals surface area contributed by atoms with Crippen LogP contribution in [0.15, 0.2) is 10.3 Å². The van der Waals surface area contributed by atoms with Crippen LogP contribution in [-0.2, 0) is 4.74 Å². The number of hydrogen-bond acceptors (Lipinski definition) is 5. The summed E-state index contributed by atoms with van der Waals surface area (Å²) < 4.78 is 6.11. The van der Waals surface area contributed by atoms with E-state index in [-0.39, 0.29) is 12.1 Å². The molecule has 2 unspecified atom stereocenters. The van der Waals surface area contributed by atoms with Gasteiger partial charge in [-0.25, -0.2) is 0 Å². The van der Waals surface area contributed by atoms with Gasteiger partial charge in [-0.15, -0.1) is 5.16 Å². The van der Waals surface area contributed by atoms with Gasteiger partial charge in [-0.2, -0.15) is 5.10 Å². The van der Waals surface area contributed by atoms with Crippen molar-refractivity contribution in [1.29, 1.82) is 0 Å². The van der Waals surface area contributed by atoms with Crippen LogP contribution in [0.25, 0.3) is 0 Å². The van der Waals surface area contributed by atoms with E-state index >= 15 is 0 Å². The number of rotatable bonds is 3. The third kappa shape index (κ3) is 2.77. The summed E-state index contributed by atoms with van der Waals surface area (Å²) in [6.45, 7) is 1.94. The zero-order valence-electron chi connectivity index (χ0n) is 10.5. The zero-order valence-corrected chi connectivity index (χ0v) is 10.5. The summed E-state index contributed by atoms with van der Waals surface area (Å²) in [5.74, 6) is -0.0353. The van der Waals surface area contributed by atoms with Gasteiger partial charge in [0.2, 0.25) is 0 Å². The molecule has 1 aliphatic carbocycles. The van der Waals surface area contributed by atoms with Gasteiger partial charge >= 0.3 is 0 Å². The highest BCUT2D eigenvalue weighted by Gasteiger charge is 2.35. The monoisotopic (exact) mass is 239 g/mol. The molecule has 0 spiro atoms. The average Bonchev–Trinajstić information content (AvgIpc) is 2.58.